The molecule has 2 aliphatic heterocycles. The SMILES string of the molecule is Nc1ccccn1.c1cc2cc(c1)O2. The van der Waals surface area contributed by atoms with Gasteiger partial charge in [-0.2, -0.15) is 0 Å². The molecule has 0 amide bonds. The van der Waals surface area contributed by atoms with E-state index in [0.29, 0.717) is 5.82 Å². The summed E-state index contributed by atoms with van der Waals surface area (Å²) in [6.45, 7) is 0. The number of hydrogen-bond donors (Lipinski definition) is 1. The van der Waals surface area contributed by atoms with E-state index in [4.69, 9.17) is 10.5 Å². The lowest BCUT2D eigenvalue weighted by molar-refractivity contribution is 0.438. The van der Waals surface area contributed by atoms with Gasteiger partial charge in [0.15, 0.2) is 0 Å². The molecule has 1 aromatic heterocycles. The van der Waals surface area contributed by atoms with Gasteiger partial charge in [0.2, 0.25) is 0 Å². The quantitative estimate of drug-likeness (QED) is 0.586. The van der Waals surface area contributed by atoms with Crippen LogP contribution in [-0.2, 0) is 0 Å². The van der Waals surface area contributed by atoms with Crippen molar-refractivity contribution in [1.82, 2.24) is 4.98 Å². The maximum absolute atomic E-state index is 5.25. The Labute approximate surface area is 82.2 Å². The van der Waals surface area contributed by atoms with Gasteiger partial charge in [-0.05, 0) is 24.3 Å². The molecule has 0 aliphatic carbocycles. The van der Waals surface area contributed by atoms with Crippen molar-refractivity contribution < 1.29 is 4.74 Å². The molecule has 70 valence electrons. The van der Waals surface area contributed by atoms with Gasteiger partial charge >= 0.3 is 0 Å². The fourth-order valence-electron chi connectivity index (χ4n) is 1.06. The van der Waals surface area contributed by atoms with E-state index >= 15 is 0 Å². The molecule has 0 saturated carbocycles. The van der Waals surface area contributed by atoms with Crippen LogP contribution in [0.4, 0.5) is 5.82 Å². The maximum Gasteiger partial charge on any atom is 0.131 e. The van der Waals surface area contributed by atoms with Crippen LogP contribution in [0.25, 0.3) is 0 Å². The van der Waals surface area contributed by atoms with Gasteiger partial charge in [-0.15, -0.1) is 0 Å². The third kappa shape index (κ3) is 2.01. The number of ether oxygens (including phenoxy) is 1. The number of fused-ring (bicyclic) bond motifs is 2. The predicted octanol–water partition coefficient (Wildman–Crippen LogP) is 2.46. The Hall–Kier alpha value is -2.03. The molecule has 0 radical (unpaired) electrons. The molecule has 3 heterocycles. The van der Waals surface area contributed by atoms with Crippen LogP contribution in [0.5, 0.6) is 11.5 Å². The van der Waals surface area contributed by atoms with Crippen LogP contribution in [0, 0.1) is 0 Å². The Morgan fingerprint density at radius 3 is 1.93 bits per heavy atom. The zero-order valence-corrected chi connectivity index (χ0v) is 7.55. The van der Waals surface area contributed by atoms with Crippen molar-refractivity contribution in [2.45, 2.75) is 0 Å². The van der Waals surface area contributed by atoms with Crippen LogP contribution in [0.1, 0.15) is 0 Å². The highest BCUT2D eigenvalue weighted by Gasteiger charge is 2.05. The highest BCUT2D eigenvalue weighted by Crippen LogP contribution is 2.32. The molecule has 2 bridgehead atoms. The van der Waals surface area contributed by atoms with E-state index in [1.165, 1.54) is 0 Å². The minimum absolute atomic E-state index is 0.572. The minimum atomic E-state index is 0.572. The Balaban J connectivity index is 0.000000107. The zero-order chi connectivity index (χ0) is 9.80. The third-order valence-corrected chi connectivity index (χ3v) is 1.73. The normalized spacial score (nSPS) is 10.3. The van der Waals surface area contributed by atoms with E-state index in [1.807, 2.05) is 36.4 Å². The smallest absolute Gasteiger partial charge is 0.131 e. The van der Waals surface area contributed by atoms with Gasteiger partial charge < -0.3 is 10.5 Å². The van der Waals surface area contributed by atoms with Gasteiger partial charge in [0, 0.05) is 12.3 Å². The lowest BCUT2D eigenvalue weighted by Gasteiger charge is -2.13. The molecule has 1 aromatic carbocycles. The topological polar surface area (TPSA) is 48.1 Å². The molecule has 2 N–H and O–H groups in total. The number of nitrogen functional groups attached to an aromatic ring is 1. The van der Waals surface area contributed by atoms with Crippen molar-refractivity contribution >= 4 is 5.82 Å². The highest BCUT2D eigenvalue weighted by molar-refractivity contribution is 5.43. The fraction of sp³-hybridized carbons (Fsp3) is 0. The third-order valence-electron chi connectivity index (χ3n) is 1.73. The summed E-state index contributed by atoms with van der Waals surface area (Å²) in [7, 11) is 0. The van der Waals surface area contributed by atoms with Crippen LogP contribution in [0.2, 0.25) is 0 Å². The second kappa shape index (κ2) is 3.79. The van der Waals surface area contributed by atoms with Crippen molar-refractivity contribution in [2.24, 2.45) is 0 Å². The first kappa shape index (κ1) is 8.56. The Morgan fingerprint density at radius 2 is 1.71 bits per heavy atom. The summed E-state index contributed by atoms with van der Waals surface area (Å²) < 4.78 is 5.01. The van der Waals surface area contributed by atoms with E-state index in [-0.39, 0.29) is 0 Å². The molecule has 4 rings (SSSR count). The minimum Gasteiger partial charge on any atom is -0.457 e. The molecule has 0 saturated heterocycles. The van der Waals surface area contributed by atoms with Crippen LogP contribution < -0.4 is 10.5 Å². The van der Waals surface area contributed by atoms with E-state index in [2.05, 4.69) is 4.98 Å². The standard InChI is InChI=1S/C6H4O.C5H6N2/c1-2-5-4-6(3-1)7-5;6-5-3-1-2-4-7-5/h1-4H;1-4H,(H2,6,7). The number of aromatic nitrogens is 1. The molecule has 3 nitrogen and oxygen atoms in total. The molecular formula is C11H10N2O. The van der Waals surface area contributed by atoms with Gasteiger partial charge in [0.1, 0.15) is 17.3 Å². The second-order valence-electron chi connectivity index (χ2n) is 2.83. The molecule has 0 spiro atoms. The number of nitrogens with zero attached hydrogens (tertiary/aromatic N) is 1. The van der Waals surface area contributed by atoms with Crippen molar-refractivity contribution in [3.63, 3.8) is 0 Å². The molecule has 14 heavy (non-hydrogen) atoms. The molecule has 0 fully saturated rings. The molecule has 0 atom stereocenters. The number of pyridine rings is 1. The fourth-order valence-corrected chi connectivity index (χ4v) is 1.06. The Kier molecular flexibility index (Phi) is 2.32. The number of nitrogens with two attached hydrogens (primary N) is 1. The largest absolute Gasteiger partial charge is 0.457 e. The maximum atomic E-state index is 5.25. The van der Waals surface area contributed by atoms with E-state index in [0.717, 1.165) is 11.5 Å². The van der Waals surface area contributed by atoms with E-state index in [1.54, 1.807) is 12.3 Å². The summed E-state index contributed by atoms with van der Waals surface area (Å²) in [6.07, 6.45) is 1.66. The molecule has 2 aliphatic rings. The van der Waals surface area contributed by atoms with E-state index < -0.39 is 0 Å². The molecular weight excluding hydrogens is 176 g/mol. The summed E-state index contributed by atoms with van der Waals surface area (Å²) in [5.74, 6) is 2.54. The van der Waals surface area contributed by atoms with Gasteiger partial charge in [-0.25, -0.2) is 4.98 Å². The average Bonchev–Trinajstić information content (AvgIpc) is 2.20. The monoisotopic (exact) mass is 186 g/mol. The summed E-state index contributed by atoms with van der Waals surface area (Å²) in [5, 5.41) is 0. The Bertz CT molecular complexity index is 371. The van der Waals surface area contributed by atoms with E-state index in [9.17, 15) is 0 Å². The van der Waals surface area contributed by atoms with Crippen LogP contribution in [0.15, 0.2) is 48.7 Å². The molecule has 0 unspecified atom stereocenters. The first-order valence-electron chi connectivity index (χ1n) is 4.29. The lowest BCUT2D eigenvalue weighted by Crippen LogP contribution is -1.91. The van der Waals surface area contributed by atoms with Crippen LogP contribution in [-0.4, -0.2) is 4.98 Å². The predicted molar refractivity (Wildman–Crippen MR) is 55.2 cm³/mol. The molecule has 3 heteroatoms. The number of anilines is 1. The number of benzene rings is 1. The summed E-state index contributed by atoms with van der Waals surface area (Å²) in [5.41, 5.74) is 5.25. The Morgan fingerprint density at radius 1 is 1.00 bits per heavy atom. The van der Waals surface area contributed by atoms with Gasteiger partial charge in [-0.1, -0.05) is 12.1 Å². The van der Waals surface area contributed by atoms with Crippen LogP contribution >= 0.6 is 0 Å². The van der Waals surface area contributed by atoms with Crippen molar-refractivity contribution in [1.29, 1.82) is 0 Å². The first-order valence-corrected chi connectivity index (χ1v) is 4.29. The lowest BCUT2D eigenvalue weighted by atomic mass is 10.2. The van der Waals surface area contributed by atoms with Crippen molar-refractivity contribution in [2.75, 3.05) is 5.73 Å². The average molecular weight is 186 g/mol. The van der Waals surface area contributed by atoms with Crippen molar-refractivity contribution in [3.05, 3.63) is 48.7 Å². The van der Waals surface area contributed by atoms with Gasteiger partial charge in [-0.3, -0.25) is 0 Å². The zero-order valence-electron chi connectivity index (χ0n) is 7.55. The van der Waals surface area contributed by atoms with Crippen LogP contribution in [0.3, 0.4) is 0 Å². The number of rotatable bonds is 0. The summed E-state index contributed by atoms with van der Waals surface area (Å²) in [6, 6.07) is 13.3. The van der Waals surface area contributed by atoms with Crippen molar-refractivity contribution in [3.8, 4) is 11.5 Å². The summed E-state index contributed by atoms with van der Waals surface area (Å²) in [4.78, 5) is 3.76. The number of hydrogen-bond acceptors (Lipinski definition) is 3. The second-order valence-corrected chi connectivity index (χ2v) is 2.83. The highest BCUT2D eigenvalue weighted by atomic mass is 16.5. The summed E-state index contributed by atoms with van der Waals surface area (Å²) >= 11 is 0. The van der Waals surface area contributed by atoms with Gasteiger partial charge in [0.25, 0.3) is 0 Å². The molecule has 2 aromatic rings. The first-order chi connectivity index (χ1) is 6.84. The van der Waals surface area contributed by atoms with Gasteiger partial charge in [0.05, 0.1) is 0 Å².